The first-order valence-electron chi connectivity index (χ1n) is 7.27. The second kappa shape index (κ2) is 7.43. The third-order valence-corrected chi connectivity index (χ3v) is 4.02. The Morgan fingerprint density at radius 1 is 1.29 bits per heavy atom. The first-order chi connectivity index (χ1) is 10.2. The van der Waals surface area contributed by atoms with Crippen LogP contribution in [-0.2, 0) is 9.53 Å². The number of nitrogens with zero attached hydrogens (tertiary/aromatic N) is 2. The number of amides is 1. The average molecular weight is 292 g/mol. The fraction of sp³-hybridized carbons (Fsp3) is 0.562. The van der Waals surface area contributed by atoms with Crippen molar-refractivity contribution in [3.8, 4) is 5.75 Å². The maximum Gasteiger partial charge on any atom is 0.224 e. The summed E-state index contributed by atoms with van der Waals surface area (Å²) in [6.45, 7) is 2.80. The molecule has 1 amide bonds. The van der Waals surface area contributed by atoms with Crippen molar-refractivity contribution in [2.24, 2.45) is 0 Å². The summed E-state index contributed by atoms with van der Waals surface area (Å²) in [5.41, 5.74) is 1.13. The van der Waals surface area contributed by atoms with Crippen LogP contribution in [0.5, 0.6) is 5.75 Å². The third-order valence-electron chi connectivity index (χ3n) is 4.02. The first-order valence-corrected chi connectivity index (χ1v) is 7.27. The van der Waals surface area contributed by atoms with Gasteiger partial charge >= 0.3 is 0 Å². The fourth-order valence-electron chi connectivity index (χ4n) is 2.73. The third kappa shape index (κ3) is 3.74. The van der Waals surface area contributed by atoms with Crippen molar-refractivity contribution in [2.75, 3.05) is 47.5 Å². The van der Waals surface area contributed by atoms with Gasteiger partial charge in [-0.05, 0) is 13.1 Å². The molecule has 1 aliphatic rings. The van der Waals surface area contributed by atoms with Crippen molar-refractivity contribution in [1.82, 2.24) is 9.80 Å². The molecule has 0 saturated carbocycles. The second-order valence-electron chi connectivity index (χ2n) is 5.32. The van der Waals surface area contributed by atoms with Gasteiger partial charge in [0.1, 0.15) is 5.75 Å². The molecule has 0 bridgehead atoms. The van der Waals surface area contributed by atoms with Crippen molar-refractivity contribution < 1.29 is 14.3 Å². The Morgan fingerprint density at radius 2 is 2.05 bits per heavy atom. The normalized spacial score (nSPS) is 19.6. The molecule has 0 spiro atoms. The van der Waals surface area contributed by atoms with Crippen LogP contribution >= 0.6 is 0 Å². The highest BCUT2D eigenvalue weighted by atomic mass is 16.5. The smallest absolute Gasteiger partial charge is 0.224 e. The van der Waals surface area contributed by atoms with Crippen LogP contribution in [0.2, 0.25) is 0 Å². The molecule has 5 heteroatoms. The summed E-state index contributed by atoms with van der Waals surface area (Å²) >= 11 is 0. The predicted octanol–water partition coefficient (Wildman–Crippen LogP) is 1.55. The standard InChI is InChI=1S/C16H24N2O3/c1-17-9-10-18(16(19)8-11-20-2)12-14(17)13-6-4-5-7-15(13)21-3/h4-7,14H,8-12H2,1-3H3/t14-/m0/s1. The number of likely N-dealkylation sites (N-methyl/N-ethyl adjacent to an activating group) is 1. The van der Waals surface area contributed by atoms with Crippen LogP contribution in [0.1, 0.15) is 18.0 Å². The molecule has 1 aliphatic heterocycles. The average Bonchev–Trinajstić information content (AvgIpc) is 2.53. The van der Waals surface area contributed by atoms with E-state index in [0.29, 0.717) is 19.6 Å². The van der Waals surface area contributed by atoms with Gasteiger partial charge in [0.05, 0.1) is 26.2 Å². The lowest BCUT2D eigenvalue weighted by molar-refractivity contribution is -0.135. The van der Waals surface area contributed by atoms with Crippen molar-refractivity contribution >= 4 is 5.91 Å². The molecule has 116 valence electrons. The minimum Gasteiger partial charge on any atom is -0.496 e. The molecule has 2 rings (SSSR count). The lowest BCUT2D eigenvalue weighted by atomic mass is 10.0. The summed E-state index contributed by atoms with van der Waals surface area (Å²) in [7, 11) is 5.39. The van der Waals surface area contributed by atoms with Gasteiger partial charge in [-0.3, -0.25) is 9.69 Å². The number of methoxy groups -OCH3 is 2. The van der Waals surface area contributed by atoms with E-state index in [4.69, 9.17) is 9.47 Å². The lowest BCUT2D eigenvalue weighted by Gasteiger charge is -2.40. The minimum atomic E-state index is 0.157. The Labute approximate surface area is 126 Å². The van der Waals surface area contributed by atoms with Crippen LogP contribution in [0.25, 0.3) is 0 Å². The van der Waals surface area contributed by atoms with Gasteiger partial charge in [-0.25, -0.2) is 0 Å². The molecule has 0 unspecified atom stereocenters. The number of hydrogen-bond donors (Lipinski definition) is 0. The van der Waals surface area contributed by atoms with Gasteiger partial charge < -0.3 is 14.4 Å². The molecular formula is C16H24N2O3. The van der Waals surface area contributed by atoms with Gasteiger partial charge in [0.15, 0.2) is 0 Å². The number of ether oxygens (including phenoxy) is 2. The van der Waals surface area contributed by atoms with Gasteiger partial charge in [-0.2, -0.15) is 0 Å². The number of rotatable bonds is 5. The van der Waals surface area contributed by atoms with E-state index in [0.717, 1.165) is 24.4 Å². The van der Waals surface area contributed by atoms with Crippen LogP contribution in [0.3, 0.4) is 0 Å². The number of piperazine rings is 1. The maximum atomic E-state index is 12.2. The van der Waals surface area contributed by atoms with E-state index in [-0.39, 0.29) is 11.9 Å². The van der Waals surface area contributed by atoms with E-state index in [1.807, 2.05) is 23.1 Å². The Kier molecular flexibility index (Phi) is 5.59. The molecule has 0 radical (unpaired) electrons. The molecule has 0 N–H and O–H groups in total. The zero-order valence-corrected chi connectivity index (χ0v) is 13.0. The zero-order valence-electron chi connectivity index (χ0n) is 13.0. The molecule has 1 heterocycles. The molecule has 1 fully saturated rings. The van der Waals surface area contributed by atoms with E-state index in [1.54, 1.807) is 14.2 Å². The summed E-state index contributed by atoms with van der Waals surface area (Å²) in [5.74, 6) is 1.03. The number of carbonyl (C=O) groups excluding carboxylic acids is 1. The molecule has 0 aliphatic carbocycles. The van der Waals surface area contributed by atoms with E-state index < -0.39 is 0 Å². The van der Waals surface area contributed by atoms with E-state index in [1.165, 1.54) is 0 Å². The monoisotopic (exact) mass is 292 g/mol. The van der Waals surface area contributed by atoms with E-state index in [2.05, 4.69) is 18.0 Å². The van der Waals surface area contributed by atoms with Crippen molar-refractivity contribution in [2.45, 2.75) is 12.5 Å². The summed E-state index contributed by atoms with van der Waals surface area (Å²) in [5, 5.41) is 0. The van der Waals surface area contributed by atoms with Crippen molar-refractivity contribution in [3.05, 3.63) is 29.8 Å². The second-order valence-corrected chi connectivity index (χ2v) is 5.32. The van der Waals surface area contributed by atoms with Gasteiger partial charge in [0, 0.05) is 32.3 Å². The van der Waals surface area contributed by atoms with Crippen LogP contribution in [0, 0.1) is 0 Å². The summed E-state index contributed by atoms with van der Waals surface area (Å²) in [6.07, 6.45) is 0.443. The number of para-hydroxylation sites is 1. The topological polar surface area (TPSA) is 42.0 Å². The minimum absolute atomic E-state index is 0.157. The van der Waals surface area contributed by atoms with E-state index in [9.17, 15) is 4.79 Å². The van der Waals surface area contributed by atoms with Crippen molar-refractivity contribution in [3.63, 3.8) is 0 Å². The highest BCUT2D eigenvalue weighted by Gasteiger charge is 2.29. The van der Waals surface area contributed by atoms with Gasteiger partial charge in [0.25, 0.3) is 0 Å². The molecule has 21 heavy (non-hydrogen) atoms. The summed E-state index contributed by atoms with van der Waals surface area (Å²) in [4.78, 5) is 16.4. The molecular weight excluding hydrogens is 268 g/mol. The van der Waals surface area contributed by atoms with Crippen molar-refractivity contribution in [1.29, 1.82) is 0 Å². The van der Waals surface area contributed by atoms with Crippen LogP contribution < -0.4 is 4.74 Å². The zero-order chi connectivity index (χ0) is 15.2. The Hall–Kier alpha value is -1.59. The summed E-state index contributed by atoms with van der Waals surface area (Å²) in [6, 6.07) is 8.18. The molecule has 1 saturated heterocycles. The Morgan fingerprint density at radius 3 is 2.76 bits per heavy atom. The van der Waals surface area contributed by atoms with E-state index >= 15 is 0 Å². The fourth-order valence-corrected chi connectivity index (χ4v) is 2.73. The Balaban J connectivity index is 2.12. The van der Waals surface area contributed by atoms with Crippen LogP contribution in [0.15, 0.2) is 24.3 Å². The Bertz CT molecular complexity index is 478. The van der Waals surface area contributed by atoms with Gasteiger partial charge in [-0.15, -0.1) is 0 Å². The predicted molar refractivity (Wildman–Crippen MR) is 81.4 cm³/mol. The maximum absolute atomic E-state index is 12.2. The number of hydrogen-bond acceptors (Lipinski definition) is 4. The molecule has 0 aromatic heterocycles. The quantitative estimate of drug-likeness (QED) is 0.826. The van der Waals surface area contributed by atoms with Crippen LogP contribution in [-0.4, -0.2) is 63.2 Å². The van der Waals surface area contributed by atoms with Crippen LogP contribution in [0.4, 0.5) is 0 Å². The number of carbonyl (C=O) groups is 1. The highest BCUT2D eigenvalue weighted by Crippen LogP contribution is 2.31. The summed E-state index contributed by atoms with van der Waals surface area (Å²) < 4.78 is 10.5. The van der Waals surface area contributed by atoms with Gasteiger partial charge in [-0.1, -0.05) is 18.2 Å². The first kappa shape index (κ1) is 15.8. The van der Waals surface area contributed by atoms with Gasteiger partial charge in [0.2, 0.25) is 5.91 Å². The number of benzene rings is 1. The SMILES string of the molecule is COCCC(=O)N1CCN(C)[C@H](c2ccccc2OC)C1. The molecule has 1 atom stereocenters. The molecule has 1 aromatic carbocycles. The largest absolute Gasteiger partial charge is 0.496 e. The molecule has 5 nitrogen and oxygen atoms in total. The molecule has 1 aromatic rings. The lowest BCUT2D eigenvalue weighted by Crippen LogP contribution is -2.49. The highest BCUT2D eigenvalue weighted by molar-refractivity contribution is 5.76.